The van der Waals surface area contributed by atoms with E-state index in [1.807, 2.05) is 54.4 Å². The van der Waals surface area contributed by atoms with Crippen molar-refractivity contribution in [2.45, 2.75) is 9.79 Å². The Labute approximate surface area is 312 Å². The largest absolute Gasteiger partial charge is 0.256 e. The van der Waals surface area contributed by atoms with E-state index in [9.17, 15) is 0 Å². The average molecular weight is 695 g/mol. The van der Waals surface area contributed by atoms with Crippen LogP contribution < -0.4 is 0 Å². The molecule has 0 amide bonds. The first kappa shape index (κ1) is 31.1. The molecular formula is C48H30N4S. The Morgan fingerprint density at radius 1 is 0.340 bits per heavy atom. The van der Waals surface area contributed by atoms with Crippen LogP contribution >= 0.6 is 11.8 Å². The topological polar surface area (TPSA) is 51.6 Å². The van der Waals surface area contributed by atoms with Crippen LogP contribution in [-0.2, 0) is 0 Å². The van der Waals surface area contributed by atoms with Crippen LogP contribution in [0.5, 0.6) is 0 Å². The smallest absolute Gasteiger partial charge is 0.164 e. The number of nitrogens with zero attached hydrogens (tertiary/aromatic N) is 4. The lowest BCUT2D eigenvalue weighted by Gasteiger charge is -2.20. The molecule has 2 aromatic heterocycles. The highest BCUT2D eigenvalue weighted by molar-refractivity contribution is 7.99. The van der Waals surface area contributed by atoms with Gasteiger partial charge in [-0.05, 0) is 63.0 Å². The number of pyridine rings is 1. The van der Waals surface area contributed by atoms with E-state index in [0.29, 0.717) is 17.5 Å². The zero-order valence-electron chi connectivity index (χ0n) is 28.5. The van der Waals surface area contributed by atoms with Gasteiger partial charge in [-0.1, -0.05) is 163 Å². The normalized spacial score (nSPS) is 11.7. The fourth-order valence-corrected chi connectivity index (χ4v) is 8.23. The second-order valence-corrected chi connectivity index (χ2v) is 14.2. The molecule has 0 fully saturated rings. The lowest BCUT2D eigenvalue weighted by Crippen LogP contribution is -2.00. The number of aromatic nitrogens is 4. The monoisotopic (exact) mass is 694 g/mol. The van der Waals surface area contributed by atoms with Crippen molar-refractivity contribution < 1.29 is 0 Å². The third kappa shape index (κ3) is 5.87. The van der Waals surface area contributed by atoms with Gasteiger partial charge in [-0.15, -0.1) is 0 Å². The maximum absolute atomic E-state index is 4.99. The predicted molar refractivity (Wildman–Crippen MR) is 217 cm³/mol. The molecule has 4 nitrogen and oxygen atoms in total. The van der Waals surface area contributed by atoms with E-state index in [1.54, 1.807) is 0 Å². The average Bonchev–Trinajstić information content (AvgIpc) is 3.24. The Bertz CT molecular complexity index is 2780. The van der Waals surface area contributed by atoms with Gasteiger partial charge in [0.05, 0.1) is 5.69 Å². The summed E-state index contributed by atoms with van der Waals surface area (Å²) in [4.78, 5) is 22.1. The molecular weight excluding hydrogens is 665 g/mol. The molecule has 1 aliphatic heterocycles. The van der Waals surface area contributed by atoms with Crippen LogP contribution in [-0.4, -0.2) is 19.9 Å². The summed E-state index contributed by atoms with van der Waals surface area (Å²) in [6.45, 7) is 0. The second-order valence-electron chi connectivity index (χ2n) is 13.1. The van der Waals surface area contributed by atoms with Crippen molar-refractivity contribution in [1.82, 2.24) is 19.9 Å². The molecule has 248 valence electrons. The molecule has 0 N–H and O–H groups in total. The zero-order valence-corrected chi connectivity index (χ0v) is 29.3. The fourth-order valence-electron chi connectivity index (χ4n) is 7.07. The molecule has 10 rings (SSSR count). The Morgan fingerprint density at radius 3 is 1.47 bits per heavy atom. The SMILES string of the molecule is c1ccc(-c2ccc(-c3nc(-c4ccccc4)nc(-c4ccc(-c5cccc(-c6ccc7c(c6)Sc6cccc8ccnc-7c68)c5)cc4)n3)cc2)cc1. The standard InChI is InChI=1S/C48H30N4S/c1-3-9-31(10-4-1)32-17-21-36(22-18-32)47-50-46(35-11-5-2-6-12-35)51-48(52-47)37-23-19-33(20-24-37)38-14-7-15-39(29-38)40-25-26-41-43(30-40)53-42-16-8-13-34-27-28-49-45(41)44(34)42/h1-30H. The highest BCUT2D eigenvalue weighted by Gasteiger charge is 2.21. The molecule has 0 saturated carbocycles. The third-order valence-corrected chi connectivity index (χ3v) is 10.9. The maximum Gasteiger partial charge on any atom is 0.164 e. The van der Waals surface area contributed by atoms with Crippen LogP contribution in [0.1, 0.15) is 0 Å². The van der Waals surface area contributed by atoms with E-state index in [0.717, 1.165) is 39.1 Å². The summed E-state index contributed by atoms with van der Waals surface area (Å²) in [5.74, 6) is 1.93. The van der Waals surface area contributed by atoms with E-state index in [4.69, 9.17) is 19.9 Å². The zero-order chi connectivity index (χ0) is 35.1. The van der Waals surface area contributed by atoms with Crippen molar-refractivity contribution in [3.8, 4) is 78.8 Å². The van der Waals surface area contributed by atoms with Gasteiger partial charge in [0, 0.05) is 43.6 Å². The first-order valence-corrected chi connectivity index (χ1v) is 18.4. The Morgan fingerprint density at radius 2 is 0.811 bits per heavy atom. The number of rotatable bonds is 6. The third-order valence-electron chi connectivity index (χ3n) is 9.80. The quantitative estimate of drug-likeness (QED) is 0.173. The number of benzene rings is 7. The molecule has 0 saturated heterocycles. The summed E-state index contributed by atoms with van der Waals surface area (Å²) < 4.78 is 0. The van der Waals surface area contributed by atoms with E-state index in [1.165, 1.54) is 42.8 Å². The Hall–Kier alpha value is -6.69. The number of hydrogen-bond acceptors (Lipinski definition) is 5. The molecule has 3 heterocycles. The van der Waals surface area contributed by atoms with E-state index in [-0.39, 0.29) is 0 Å². The summed E-state index contributed by atoms with van der Waals surface area (Å²) in [5.41, 5.74) is 12.0. The molecule has 0 bridgehead atoms. The van der Waals surface area contributed by atoms with Crippen LogP contribution in [0.15, 0.2) is 192 Å². The fraction of sp³-hybridized carbons (Fsp3) is 0. The van der Waals surface area contributed by atoms with Crippen molar-refractivity contribution in [2.75, 3.05) is 0 Å². The molecule has 0 aliphatic carbocycles. The minimum atomic E-state index is 0.639. The highest BCUT2D eigenvalue weighted by atomic mass is 32.2. The molecule has 5 heteroatoms. The van der Waals surface area contributed by atoms with Gasteiger partial charge in [0.2, 0.25) is 0 Å². The molecule has 0 radical (unpaired) electrons. The summed E-state index contributed by atoms with van der Waals surface area (Å²) in [6, 6.07) is 61.5. The van der Waals surface area contributed by atoms with Gasteiger partial charge in [0.25, 0.3) is 0 Å². The van der Waals surface area contributed by atoms with E-state index in [2.05, 4.69) is 140 Å². The summed E-state index contributed by atoms with van der Waals surface area (Å²) in [6.07, 6.45) is 1.91. The van der Waals surface area contributed by atoms with Crippen LogP contribution in [0.3, 0.4) is 0 Å². The molecule has 0 atom stereocenters. The lowest BCUT2D eigenvalue weighted by molar-refractivity contribution is 1.07. The van der Waals surface area contributed by atoms with Gasteiger partial charge in [-0.25, -0.2) is 15.0 Å². The van der Waals surface area contributed by atoms with Gasteiger partial charge < -0.3 is 0 Å². The van der Waals surface area contributed by atoms with Crippen molar-refractivity contribution in [2.24, 2.45) is 0 Å². The van der Waals surface area contributed by atoms with Gasteiger partial charge in [0.1, 0.15) is 0 Å². The minimum Gasteiger partial charge on any atom is -0.256 e. The lowest BCUT2D eigenvalue weighted by atomic mass is 9.96. The van der Waals surface area contributed by atoms with Crippen LogP contribution in [0.2, 0.25) is 0 Å². The molecule has 53 heavy (non-hydrogen) atoms. The molecule has 9 aromatic rings. The van der Waals surface area contributed by atoms with E-state index >= 15 is 0 Å². The Kier molecular flexibility index (Phi) is 7.70. The summed E-state index contributed by atoms with van der Waals surface area (Å²) in [7, 11) is 0. The van der Waals surface area contributed by atoms with Crippen molar-refractivity contribution in [3.05, 3.63) is 182 Å². The van der Waals surface area contributed by atoms with Gasteiger partial charge in [-0.2, -0.15) is 0 Å². The van der Waals surface area contributed by atoms with Gasteiger partial charge in [0.15, 0.2) is 17.5 Å². The van der Waals surface area contributed by atoms with Crippen LogP contribution in [0.25, 0.3) is 89.6 Å². The Balaban J connectivity index is 0.968. The molecule has 0 unspecified atom stereocenters. The van der Waals surface area contributed by atoms with Gasteiger partial charge in [-0.3, -0.25) is 4.98 Å². The maximum atomic E-state index is 4.99. The van der Waals surface area contributed by atoms with Gasteiger partial charge >= 0.3 is 0 Å². The first-order valence-electron chi connectivity index (χ1n) is 17.6. The van der Waals surface area contributed by atoms with Crippen LogP contribution in [0, 0.1) is 0 Å². The van der Waals surface area contributed by atoms with Crippen molar-refractivity contribution in [3.63, 3.8) is 0 Å². The number of fused-ring (bicyclic) bond motifs is 2. The second kappa shape index (κ2) is 13.1. The first-order chi connectivity index (χ1) is 26.2. The molecule has 7 aromatic carbocycles. The molecule has 1 aliphatic rings. The van der Waals surface area contributed by atoms with Crippen molar-refractivity contribution >= 4 is 22.5 Å². The summed E-state index contributed by atoms with van der Waals surface area (Å²) >= 11 is 1.83. The van der Waals surface area contributed by atoms with Crippen LogP contribution in [0.4, 0.5) is 0 Å². The predicted octanol–water partition coefficient (Wildman–Crippen LogP) is 12.6. The molecule has 0 spiro atoms. The van der Waals surface area contributed by atoms with E-state index < -0.39 is 0 Å². The number of hydrogen-bond donors (Lipinski definition) is 0. The van der Waals surface area contributed by atoms with Crippen molar-refractivity contribution in [1.29, 1.82) is 0 Å². The summed E-state index contributed by atoms with van der Waals surface area (Å²) in [5, 5.41) is 2.47. The minimum absolute atomic E-state index is 0.639. The highest BCUT2D eigenvalue weighted by Crippen LogP contribution is 2.48.